The number of carboxylic acids is 1. The van der Waals surface area contributed by atoms with Gasteiger partial charge in [0.25, 0.3) is 0 Å². The summed E-state index contributed by atoms with van der Waals surface area (Å²) in [7, 11) is 1.77. The summed E-state index contributed by atoms with van der Waals surface area (Å²) in [5.74, 6) is -1.12. The Morgan fingerprint density at radius 2 is 1.88 bits per heavy atom. The van der Waals surface area contributed by atoms with Crippen LogP contribution in [0.5, 0.6) is 0 Å². The van der Waals surface area contributed by atoms with Gasteiger partial charge in [-0.15, -0.1) is 11.3 Å². The molecule has 1 saturated heterocycles. The summed E-state index contributed by atoms with van der Waals surface area (Å²) in [6.45, 7) is 0.532. The first kappa shape index (κ1) is 27.4. The SMILES string of the molecule is CN1C(=O)NCC1c1ccc(-c2ccccc2-c2csc(N(C(=O)C(CC(=O)O)CC3CCCC3)C3CC3)n2)cn1. The Labute approximate surface area is 243 Å². The smallest absolute Gasteiger partial charge is 0.317 e. The lowest BCUT2D eigenvalue weighted by Gasteiger charge is -2.26. The normalized spacial score (nSPS) is 19.8. The number of hydrogen-bond donors (Lipinski definition) is 2. The highest BCUT2D eigenvalue weighted by atomic mass is 32.1. The van der Waals surface area contributed by atoms with Crippen molar-refractivity contribution in [2.24, 2.45) is 11.8 Å². The molecule has 2 atom stereocenters. The fourth-order valence-electron chi connectivity index (χ4n) is 6.20. The van der Waals surface area contributed by atoms with Crippen LogP contribution in [0.3, 0.4) is 0 Å². The molecular formula is C31H35N5O4S. The number of anilines is 1. The number of nitrogens with zero attached hydrogens (tertiary/aromatic N) is 4. The molecule has 1 aliphatic heterocycles. The Morgan fingerprint density at radius 1 is 1.12 bits per heavy atom. The summed E-state index contributed by atoms with van der Waals surface area (Å²) in [6.07, 6.45) is 8.63. The number of aliphatic carboxylic acids is 1. The molecule has 41 heavy (non-hydrogen) atoms. The number of benzene rings is 1. The van der Waals surface area contributed by atoms with Crippen LogP contribution in [0.15, 0.2) is 48.0 Å². The number of hydrogen-bond acceptors (Lipinski definition) is 6. The van der Waals surface area contributed by atoms with Gasteiger partial charge in [0, 0.05) is 48.3 Å². The number of carbonyl (C=O) groups excluding carboxylic acids is 2. The minimum Gasteiger partial charge on any atom is -0.481 e. The molecule has 3 heterocycles. The molecule has 3 amide bonds. The predicted molar refractivity (Wildman–Crippen MR) is 158 cm³/mol. The van der Waals surface area contributed by atoms with E-state index in [0.29, 0.717) is 24.0 Å². The average Bonchev–Trinajstić information content (AvgIpc) is 3.31. The van der Waals surface area contributed by atoms with Crippen molar-refractivity contribution in [1.82, 2.24) is 20.2 Å². The maximum atomic E-state index is 13.9. The largest absolute Gasteiger partial charge is 0.481 e. The summed E-state index contributed by atoms with van der Waals surface area (Å²) < 4.78 is 0. The van der Waals surface area contributed by atoms with E-state index in [0.717, 1.165) is 66.6 Å². The zero-order valence-electron chi connectivity index (χ0n) is 23.2. The van der Waals surface area contributed by atoms with Gasteiger partial charge in [0.1, 0.15) is 0 Å². The molecule has 2 aliphatic carbocycles. The first-order valence-electron chi connectivity index (χ1n) is 14.5. The molecule has 3 aromatic rings. The van der Waals surface area contributed by atoms with Gasteiger partial charge in [-0.25, -0.2) is 9.78 Å². The van der Waals surface area contributed by atoms with E-state index in [2.05, 4.69) is 10.3 Å². The third kappa shape index (κ3) is 5.84. The fourth-order valence-corrected chi connectivity index (χ4v) is 7.10. The van der Waals surface area contributed by atoms with Crippen LogP contribution in [0.25, 0.3) is 22.4 Å². The summed E-state index contributed by atoms with van der Waals surface area (Å²) in [6, 6.07) is 11.9. The maximum Gasteiger partial charge on any atom is 0.317 e. The number of thiazole rings is 1. The number of aromatic nitrogens is 2. The molecule has 0 bridgehead atoms. The van der Waals surface area contributed by atoms with Gasteiger partial charge in [-0.05, 0) is 36.8 Å². The van der Waals surface area contributed by atoms with Crippen molar-refractivity contribution in [2.75, 3.05) is 18.5 Å². The van der Waals surface area contributed by atoms with E-state index in [-0.39, 0.29) is 30.4 Å². The quantitative estimate of drug-likeness (QED) is 0.320. The minimum absolute atomic E-state index is 0.0865. The van der Waals surface area contributed by atoms with Gasteiger partial charge < -0.3 is 15.3 Å². The molecule has 2 N–H and O–H groups in total. The highest BCUT2D eigenvalue weighted by molar-refractivity contribution is 7.14. The number of urea groups is 1. The van der Waals surface area contributed by atoms with Crippen LogP contribution in [0, 0.1) is 11.8 Å². The van der Waals surface area contributed by atoms with Crippen LogP contribution in [0.2, 0.25) is 0 Å². The van der Waals surface area contributed by atoms with Gasteiger partial charge in [0.2, 0.25) is 5.91 Å². The lowest BCUT2D eigenvalue weighted by molar-refractivity contribution is -0.141. The monoisotopic (exact) mass is 573 g/mol. The van der Waals surface area contributed by atoms with Crippen molar-refractivity contribution >= 4 is 34.4 Å². The first-order valence-corrected chi connectivity index (χ1v) is 15.3. The first-order chi connectivity index (χ1) is 19.9. The third-order valence-corrected chi connectivity index (χ3v) is 9.43. The Balaban J connectivity index is 1.26. The lowest BCUT2D eigenvalue weighted by Crippen LogP contribution is -2.39. The molecule has 2 aromatic heterocycles. The average molecular weight is 574 g/mol. The summed E-state index contributed by atoms with van der Waals surface area (Å²) in [4.78, 5) is 50.5. The van der Waals surface area contributed by atoms with Gasteiger partial charge in [-0.3, -0.25) is 19.5 Å². The van der Waals surface area contributed by atoms with Gasteiger partial charge in [-0.1, -0.05) is 56.0 Å². The molecule has 3 fully saturated rings. The van der Waals surface area contributed by atoms with Crippen molar-refractivity contribution in [2.45, 2.75) is 63.5 Å². The van der Waals surface area contributed by atoms with Crippen LogP contribution in [-0.2, 0) is 9.59 Å². The molecule has 9 nitrogen and oxygen atoms in total. The maximum absolute atomic E-state index is 13.9. The molecule has 6 rings (SSSR count). The molecule has 3 aliphatic rings. The second kappa shape index (κ2) is 11.6. The molecule has 10 heteroatoms. The van der Waals surface area contributed by atoms with Gasteiger partial charge in [0.15, 0.2) is 5.13 Å². The molecular weight excluding hydrogens is 538 g/mol. The molecule has 2 saturated carbocycles. The van der Waals surface area contributed by atoms with E-state index in [1.807, 2.05) is 48.0 Å². The van der Waals surface area contributed by atoms with Crippen LogP contribution < -0.4 is 10.2 Å². The summed E-state index contributed by atoms with van der Waals surface area (Å²) in [5, 5.41) is 15.1. The van der Waals surface area contributed by atoms with Crippen LogP contribution in [0.4, 0.5) is 9.93 Å². The zero-order chi connectivity index (χ0) is 28.5. The van der Waals surface area contributed by atoms with Crippen molar-refractivity contribution in [1.29, 1.82) is 0 Å². The number of pyridine rings is 1. The van der Waals surface area contributed by atoms with E-state index < -0.39 is 11.9 Å². The van der Waals surface area contributed by atoms with E-state index >= 15 is 0 Å². The van der Waals surface area contributed by atoms with Crippen molar-refractivity contribution in [3.05, 3.63) is 53.7 Å². The Bertz CT molecular complexity index is 1430. The minimum atomic E-state index is -0.923. The standard InChI is InChI=1S/C31H35N5O4S/c1-35-27(17-33-30(35)40)25-13-10-20(16-32-25)23-8-4-5-9-24(23)26-18-41-31(34-26)36(22-11-12-22)29(39)21(15-28(37)38)14-19-6-2-3-7-19/h4-5,8-10,13,16,18-19,21-22,27H,2-3,6-7,11-12,14-15,17H2,1H3,(H,33,40)(H,37,38). The predicted octanol–water partition coefficient (Wildman–Crippen LogP) is 5.73. The van der Waals surface area contributed by atoms with Gasteiger partial charge >= 0.3 is 12.0 Å². The van der Waals surface area contributed by atoms with E-state index in [4.69, 9.17) is 4.98 Å². The third-order valence-electron chi connectivity index (χ3n) is 8.59. The highest BCUT2D eigenvalue weighted by Crippen LogP contribution is 2.40. The Hall–Kier alpha value is -3.79. The number of rotatable bonds is 10. The topological polar surface area (TPSA) is 116 Å². The lowest BCUT2D eigenvalue weighted by atomic mass is 9.90. The van der Waals surface area contributed by atoms with Crippen LogP contribution in [0.1, 0.15) is 63.1 Å². The zero-order valence-corrected chi connectivity index (χ0v) is 24.0. The summed E-state index contributed by atoms with van der Waals surface area (Å²) in [5.41, 5.74) is 4.46. The van der Waals surface area contributed by atoms with E-state index in [1.165, 1.54) is 11.3 Å². The van der Waals surface area contributed by atoms with Gasteiger partial charge in [0.05, 0.1) is 23.9 Å². The molecule has 0 radical (unpaired) electrons. The molecule has 214 valence electrons. The number of carbonyl (C=O) groups is 3. The second-order valence-corrected chi connectivity index (χ2v) is 12.3. The summed E-state index contributed by atoms with van der Waals surface area (Å²) >= 11 is 1.44. The number of nitrogens with one attached hydrogen (secondary N) is 1. The Kier molecular flexibility index (Phi) is 7.75. The molecule has 1 aromatic carbocycles. The van der Waals surface area contributed by atoms with E-state index in [1.54, 1.807) is 16.8 Å². The van der Waals surface area contributed by atoms with Crippen LogP contribution >= 0.6 is 11.3 Å². The second-order valence-electron chi connectivity index (χ2n) is 11.5. The molecule has 0 spiro atoms. The van der Waals surface area contributed by atoms with Crippen LogP contribution in [-0.4, -0.2) is 57.5 Å². The van der Waals surface area contributed by atoms with Crippen molar-refractivity contribution in [3.63, 3.8) is 0 Å². The molecule has 2 unspecified atom stereocenters. The Morgan fingerprint density at radius 3 is 2.51 bits per heavy atom. The van der Waals surface area contributed by atoms with E-state index in [9.17, 15) is 19.5 Å². The number of likely N-dealkylation sites (N-methyl/N-ethyl adjacent to an activating group) is 1. The van der Waals surface area contributed by atoms with Gasteiger partial charge in [-0.2, -0.15) is 0 Å². The number of amides is 3. The number of carboxylic acid groups (broad SMARTS) is 1. The highest BCUT2D eigenvalue weighted by Gasteiger charge is 2.40. The fraction of sp³-hybridized carbons (Fsp3) is 0.452. The van der Waals surface area contributed by atoms with Crippen molar-refractivity contribution in [3.8, 4) is 22.4 Å². The van der Waals surface area contributed by atoms with Crippen molar-refractivity contribution < 1.29 is 19.5 Å².